The molecule has 5 nitrogen and oxygen atoms in total. The summed E-state index contributed by atoms with van der Waals surface area (Å²) in [4.78, 5) is 34.4. The maximum Gasteiger partial charge on any atom is 0.376 e. The Bertz CT molecular complexity index is 308. The molecule has 1 aliphatic carbocycles. The lowest BCUT2D eigenvalue weighted by atomic mass is 10.1. The van der Waals surface area contributed by atoms with Crippen LogP contribution < -0.4 is 5.32 Å². The van der Waals surface area contributed by atoms with Crippen LogP contribution in [0.15, 0.2) is 0 Å². The molecule has 0 aromatic carbocycles. The average Bonchev–Trinajstić information content (AvgIpc) is 2.81. The fraction of sp³-hybridized carbons (Fsp3) is 0.750. The van der Waals surface area contributed by atoms with E-state index < -0.39 is 17.8 Å². The molecule has 96 valence electrons. The van der Waals surface area contributed by atoms with E-state index in [1.807, 2.05) is 0 Å². The fourth-order valence-electron chi connectivity index (χ4n) is 1.96. The molecule has 0 bridgehead atoms. The maximum atomic E-state index is 11.7. The second kappa shape index (κ2) is 6.37. The number of ketones is 1. The standard InChI is InChI=1S/C12H19NO4/c1-3-17-12(16)10(14)8(2)13-11(15)9-6-4-5-7-9/h8-9H,3-7H2,1-2H3,(H,13,15). The van der Waals surface area contributed by atoms with Crippen molar-refractivity contribution in [3.05, 3.63) is 0 Å². The highest BCUT2D eigenvalue weighted by Crippen LogP contribution is 2.24. The highest BCUT2D eigenvalue weighted by molar-refractivity contribution is 6.35. The summed E-state index contributed by atoms with van der Waals surface area (Å²) in [6.07, 6.45) is 3.84. The summed E-state index contributed by atoms with van der Waals surface area (Å²) < 4.78 is 4.59. The lowest BCUT2D eigenvalue weighted by Crippen LogP contribution is -2.44. The molecule has 1 N–H and O–H groups in total. The lowest BCUT2D eigenvalue weighted by molar-refractivity contribution is -0.154. The molecule has 1 atom stereocenters. The van der Waals surface area contributed by atoms with Crippen LogP contribution in [0.2, 0.25) is 0 Å². The van der Waals surface area contributed by atoms with Gasteiger partial charge >= 0.3 is 5.97 Å². The highest BCUT2D eigenvalue weighted by Gasteiger charge is 2.28. The highest BCUT2D eigenvalue weighted by atomic mass is 16.5. The van der Waals surface area contributed by atoms with E-state index in [0.717, 1.165) is 25.7 Å². The van der Waals surface area contributed by atoms with Crippen LogP contribution >= 0.6 is 0 Å². The normalized spacial score (nSPS) is 17.5. The molecular formula is C12H19NO4. The Hall–Kier alpha value is -1.39. The minimum Gasteiger partial charge on any atom is -0.460 e. The van der Waals surface area contributed by atoms with Crippen molar-refractivity contribution < 1.29 is 19.1 Å². The first-order valence-corrected chi connectivity index (χ1v) is 6.07. The van der Waals surface area contributed by atoms with E-state index in [9.17, 15) is 14.4 Å². The number of carbonyl (C=O) groups is 3. The third-order valence-corrected chi connectivity index (χ3v) is 2.95. The Kier molecular flexibility index (Phi) is 5.12. The van der Waals surface area contributed by atoms with Gasteiger partial charge in [0.15, 0.2) is 0 Å². The average molecular weight is 241 g/mol. The number of amides is 1. The first-order valence-electron chi connectivity index (χ1n) is 6.07. The summed E-state index contributed by atoms with van der Waals surface area (Å²) in [6, 6.07) is -0.804. The monoisotopic (exact) mass is 241 g/mol. The summed E-state index contributed by atoms with van der Waals surface area (Å²) >= 11 is 0. The molecule has 1 rings (SSSR count). The predicted octanol–water partition coefficient (Wildman–Crippen LogP) is 0.813. The first kappa shape index (κ1) is 13.7. The molecule has 0 saturated heterocycles. The fourth-order valence-corrected chi connectivity index (χ4v) is 1.96. The van der Waals surface area contributed by atoms with Crippen molar-refractivity contribution in [3.63, 3.8) is 0 Å². The third kappa shape index (κ3) is 3.84. The van der Waals surface area contributed by atoms with Gasteiger partial charge in [-0.3, -0.25) is 9.59 Å². The molecule has 5 heteroatoms. The molecular weight excluding hydrogens is 222 g/mol. The van der Waals surface area contributed by atoms with E-state index in [0.29, 0.717) is 0 Å². The number of hydrogen-bond acceptors (Lipinski definition) is 4. The van der Waals surface area contributed by atoms with Crippen LogP contribution in [0.5, 0.6) is 0 Å². The van der Waals surface area contributed by atoms with Crippen LogP contribution in [0.1, 0.15) is 39.5 Å². The number of ether oxygens (including phenoxy) is 1. The largest absolute Gasteiger partial charge is 0.460 e. The summed E-state index contributed by atoms with van der Waals surface area (Å²) in [5.41, 5.74) is 0. The van der Waals surface area contributed by atoms with Gasteiger partial charge in [0.25, 0.3) is 5.78 Å². The van der Waals surface area contributed by atoms with E-state index in [4.69, 9.17) is 0 Å². The van der Waals surface area contributed by atoms with Crippen LogP contribution in [-0.2, 0) is 19.1 Å². The van der Waals surface area contributed by atoms with Crippen LogP contribution in [0.25, 0.3) is 0 Å². The van der Waals surface area contributed by atoms with Crippen molar-refractivity contribution >= 4 is 17.7 Å². The Morgan fingerprint density at radius 2 is 1.88 bits per heavy atom. The van der Waals surface area contributed by atoms with Gasteiger partial charge in [-0.15, -0.1) is 0 Å². The Morgan fingerprint density at radius 3 is 2.41 bits per heavy atom. The molecule has 1 unspecified atom stereocenters. The number of nitrogens with one attached hydrogen (secondary N) is 1. The van der Waals surface area contributed by atoms with Crippen LogP contribution in [-0.4, -0.2) is 30.3 Å². The third-order valence-electron chi connectivity index (χ3n) is 2.95. The second-order valence-corrected chi connectivity index (χ2v) is 4.30. The molecule has 1 fully saturated rings. The van der Waals surface area contributed by atoms with E-state index >= 15 is 0 Å². The Labute approximate surface area is 101 Å². The van der Waals surface area contributed by atoms with E-state index in [-0.39, 0.29) is 18.4 Å². The molecule has 0 heterocycles. The van der Waals surface area contributed by atoms with Gasteiger partial charge < -0.3 is 10.1 Å². The van der Waals surface area contributed by atoms with E-state index in [2.05, 4.69) is 10.1 Å². The number of esters is 1. The molecule has 0 spiro atoms. The zero-order valence-electron chi connectivity index (χ0n) is 10.3. The summed E-state index contributed by atoms with van der Waals surface area (Å²) in [5.74, 6) is -1.72. The van der Waals surface area contributed by atoms with Gasteiger partial charge in [0, 0.05) is 5.92 Å². The molecule has 1 saturated carbocycles. The minimum atomic E-state index is -0.883. The number of rotatable bonds is 5. The van der Waals surface area contributed by atoms with Gasteiger partial charge in [-0.05, 0) is 26.7 Å². The zero-order chi connectivity index (χ0) is 12.8. The molecule has 0 aromatic rings. The predicted molar refractivity (Wildman–Crippen MR) is 61.2 cm³/mol. The molecule has 0 radical (unpaired) electrons. The van der Waals surface area contributed by atoms with Crippen molar-refractivity contribution in [2.45, 2.75) is 45.6 Å². The number of Topliss-reactive ketones (excluding diaryl/α,β-unsaturated/α-hetero) is 1. The zero-order valence-corrected chi connectivity index (χ0v) is 10.3. The summed E-state index contributed by atoms with van der Waals surface area (Å²) in [7, 11) is 0. The van der Waals surface area contributed by atoms with Crippen molar-refractivity contribution in [2.75, 3.05) is 6.61 Å². The summed E-state index contributed by atoms with van der Waals surface area (Å²) in [6.45, 7) is 3.30. The van der Waals surface area contributed by atoms with Crippen LogP contribution in [0, 0.1) is 5.92 Å². The number of hydrogen-bond donors (Lipinski definition) is 1. The van der Waals surface area contributed by atoms with Gasteiger partial charge in [-0.2, -0.15) is 0 Å². The van der Waals surface area contributed by atoms with E-state index in [1.165, 1.54) is 6.92 Å². The van der Waals surface area contributed by atoms with Crippen LogP contribution in [0.3, 0.4) is 0 Å². The van der Waals surface area contributed by atoms with Gasteiger partial charge in [-0.1, -0.05) is 12.8 Å². The lowest BCUT2D eigenvalue weighted by Gasteiger charge is -2.15. The van der Waals surface area contributed by atoms with Crippen molar-refractivity contribution in [3.8, 4) is 0 Å². The minimum absolute atomic E-state index is 0.00699. The molecule has 0 aliphatic heterocycles. The van der Waals surface area contributed by atoms with Crippen LogP contribution in [0.4, 0.5) is 0 Å². The molecule has 1 amide bonds. The topological polar surface area (TPSA) is 72.5 Å². The molecule has 0 aromatic heterocycles. The van der Waals surface area contributed by atoms with Crippen molar-refractivity contribution in [1.29, 1.82) is 0 Å². The Balaban J connectivity index is 2.42. The smallest absolute Gasteiger partial charge is 0.376 e. The second-order valence-electron chi connectivity index (χ2n) is 4.30. The first-order chi connectivity index (χ1) is 8.06. The molecule has 17 heavy (non-hydrogen) atoms. The summed E-state index contributed by atoms with van der Waals surface area (Å²) in [5, 5.41) is 2.57. The van der Waals surface area contributed by atoms with Gasteiger partial charge in [-0.25, -0.2) is 4.79 Å². The molecule has 1 aliphatic rings. The Morgan fingerprint density at radius 1 is 1.29 bits per heavy atom. The quantitative estimate of drug-likeness (QED) is 0.571. The van der Waals surface area contributed by atoms with Gasteiger partial charge in [0.05, 0.1) is 12.6 Å². The number of carbonyl (C=O) groups excluding carboxylic acids is 3. The maximum absolute atomic E-state index is 11.7. The van der Waals surface area contributed by atoms with Crippen molar-refractivity contribution in [2.24, 2.45) is 5.92 Å². The van der Waals surface area contributed by atoms with Crippen molar-refractivity contribution in [1.82, 2.24) is 5.32 Å². The van der Waals surface area contributed by atoms with Gasteiger partial charge in [0.2, 0.25) is 5.91 Å². The SMILES string of the molecule is CCOC(=O)C(=O)C(C)NC(=O)C1CCCC1. The van der Waals surface area contributed by atoms with E-state index in [1.54, 1.807) is 6.92 Å². The van der Waals surface area contributed by atoms with Gasteiger partial charge in [0.1, 0.15) is 0 Å².